The Morgan fingerprint density at radius 1 is 1.36 bits per heavy atom. The largest absolute Gasteiger partial charge is 0.341 e. The number of carbonyl (C=O) groups excluding carboxylic acids is 2. The minimum Gasteiger partial charge on any atom is -0.341 e. The molecular weight excluding hydrogens is 311 g/mol. The maximum atomic E-state index is 13.4. The van der Waals surface area contributed by atoms with Crippen LogP contribution in [0.1, 0.15) is 12.8 Å². The fraction of sp³-hybridized carbons (Fsp3) is 0.429. The van der Waals surface area contributed by atoms with E-state index >= 15 is 0 Å². The monoisotopic (exact) mass is 328 g/mol. The van der Waals surface area contributed by atoms with E-state index in [0.29, 0.717) is 6.42 Å². The number of hydrogen-bond acceptors (Lipinski definition) is 4. The van der Waals surface area contributed by atoms with Crippen LogP contribution in [0.25, 0.3) is 0 Å². The molecule has 1 aliphatic rings. The molecular formula is C14H17FN2O4S. The molecule has 1 fully saturated rings. The number of benzene rings is 1. The number of rotatable bonds is 4. The maximum Gasteiger partial charge on any atom is 0.233 e. The smallest absolute Gasteiger partial charge is 0.233 e. The SMILES string of the molecule is CN(C(=O)CC(=O)Nc1ccccc1F)C1CCS(=O)(=O)C1. The predicted molar refractivity (Wildman–Crippen MR) is 79.5 cm³/mol. The van der Waals surface area contributed by atoms with Gasteiger partial charge in [0.25, 0.3) is 0 Å². The van der Waals surface area contributed by atoms with Gasteiger partial charge in [-0.15, -0.1) is 0 Å². The number of carbonyl (C=O) groups is 2. The fourth-order valence-corrected chi connectivity index (χ4v) is 4.08. The van der Waals surface area contributed by atoms with E-state index in [2.05, 4.69) is 5.32 Å². The maximum absolute atomic E-state index is 13.4. The van der Waals surface area contributed by atoms with Crippen molar-refractivity contribution >= 4 is 27.3 Å². The number of sulfone groups is 1. The van der Waals surface area contributed by atoms with Crippen LogP contribution < -0.4 is 5.32 Å². The van der Waals surface area contributed by atoms with Gasteiger partial charge in [-0.25, -0.2) is 12.8 Å². The number of nitrogens with one attached hydrogen (secondary N) is 1. The molecule has 8 heteroatoms. The molecule has 1 atom stereocenters. The first-order valence-electron chi connectivity index (χ1n) is 6.79. The summed E-state index contributed by atoms with van der Waals surface area (Å²) in [5, 5.41) is 2.32. The highest BCUT2D eigenvalue weighted by molar-refractivity contribution is 7.91. The van der Waals surface area contributed by atoms with Gasteiger partial charge in [-0.05, 0) is 18.6 Å². The molecule has 1 aromatic carbocycles. The van der Waals surface area contributed by atoms with Crippen molar-refractivity contribution in [3.63, 3.8) is 0 Å². The van der Waals surface area contributed by atoms with Gasteiger partial charge < -0.3 is 10.2 Å². The molecule has 0 bridgehead atoms. The van der Waals surface area contributed by atoms with Crippen molar-refractivity contribution in [1.29, 1.82) is 0 Å². The van der Waals surface area contributed by atoms with Gasteiger partial charge in [0.15, 0.2) is 9.84 Å². The lowest BCUT2D eigenvalue weighted by atomic mass is 10.2. The molecule has 0 aromatic heterocycles. The second-order valence-electron chi connectivity index (χ2n) is 5.27. The Hall–Kier alpha value is -1.96. The third-order valence-electron chi connectivity index (χ3n) is 3.61. The molecule has 2 amide bonds. The summed E-state index contributed by atoms with van der Waals surface area (Å²) in [4.78, 5) is 25.1. The van der Waals surface area contributed by atoms with Crippen LogP contribution in [0.15, 0.2) is 24.3 Å². The highest BCUT2D eigenvalue weighted by Crippen LogP contribution is 2.17. The second-order valence-corrected chi connectivity index (χ2v) is 7.50. The van der Waals surface area contributed by atoms with Gasteiger partial charge in [-0.3, -0.25) is 9.59 Å². The molecule has 6 nitrogen and oxygen atoms in total. The van der Waals surface area contributed by atoms with Gasteiger partial charge >= 0.3 is 0 Å². The number of anilines is 1. The zero-order valence-corrected chi connectivity index (χ0v) is 12.9. The van der Waals surface area contributed by atoms with Crippen LogP contribution in [0.5, 0.6) is 0 Å². The third-order valence-corrected chi connectivity index (χ3v) is 5.36. The summed E-state index contributed by atoms with van der Waals surface area (Å²) in [6.07, 6.45) is -0.0825. The predicted octanol–water partition coefficient (Wildman–Crippen LogP) is 0.800. The molecule has 1 heterocycles. The number of nitrogens with zero attached hydrogens (tertiary/aromatic N) is 1. The summed E-state index contributed by atoms with van der Waals surface area (Å²) in [7, 11) is -1.62. The van der Waals surface area contributed by atoms with E-state index in [4.69, 9.17) is 0 Å². The minimum absolute atomic E-state index is 0.00592. The lowest BCUT2D eigenvalue weighted by Crippen LogP contribution is -2.39. The average molecular weight is 328 g/mol. The van der Waals surface area contributed by atoms with Gasteiger partial charge in [0.1, 0.15) is 12.2 Å². The number of hydrogen-bond donors (Lipinski definition) is 1. The molecule has 1 N–H and O–H groups in total. The van der Waals surface area contributed by atoms with Crippen LogP contribution in [0.2, 0.25) is 0 Å². The van der Waals surface area contributed by atoms with Crippen LogP contribution in [-0.2, 0) is 19.4 Å². The summed E-state index contributed by atoms with van der Waals surface area (Å²) in [5.41, 5.74) is 0.00592. The Balaban J connectivity index is 1.91. The van der Waals surface area contributed by atoms with Gasteiger partial charge in [-0.2, -0.15) is 0 Å². The minimum atomic E-state index is -3.10. The number of para-hydroxylation sites is 1. The van der Waals surface area contributed by atoms with Crippen molar-refractivity contribution in [1.82, 2.24) is 4.90 Å². The third kappa shape index (κ3) is 4.03. The molecule has 0 saturated carbocycles. The molecule has 22 heavy (non-hydrogen) atoms. The van der Waals surface area contributed by atoms with Crippen LogP contribution in [0.4, 0.5) is 10.1 Å². The Morgan fingerprint density at radius 2 is 2.05 bits per heavy atom. The zero-order valence-electron chi connectivity index (χ0n) is 12.1. The first kappa shape index (κ1) is 16.4. The highest BCUT2D eigenvalue weighted by Gasteiger charge is 2.33. The summed E-state index contributed by atoms with van der Waals surface area (Å²) in [6, 6.07) is 5.25. The topological polar surface area (TPSA) is 83.6 Å². The van der Waals surface area contributed by atoms with Crippen LogP contribution >= 0.6 is 0 Å². The standard InChI is InChI=1S/C14H17FN2O4S/c1-17(10-6-7-22(20,21)9-10)14(19)8-13(18)16-12-5-3-2-4-11(12)15/h2-5,10H,6-9H2,1H3,(H,16,18). The van der Waals surface area contributed by atoms with E-state index in [9.17, 15) is 22.4 Å². The quantitative estimate of drug-likeness (QED) is 0.829. The van der Waals surface area contributed by atoms with Crippen LogP contribution in [-0.4, -0.2) is 49.7 Å². The molecule has 1 aliphatic heterocycles. The van der Waals surface area contributed by atoms with Gasteiger partial charge in [0.05, 0.1) is 17.2 Å². The van der Waals surface area contributed by atoms with Crippen molar-refractivity contribution < 1.29 is 22.4 Å². The fourth-order valence-electron chi connectivity index (χ4n) is 2.30. The summed E-state index contributed by atoms with van der Waals surface area (Å²) >= 11 is 0. The van der Waals surface area contributed by atoms with Crippen molar-refractivity contribution in [2.24, 2.45) is 0 Å². The van der Waals surface area contributed by atoms with E-state index in [1.165, 1.54) is 30.1 Å². The molecule has 1 aromatic rings. The molecule has 120 valence electrons. The number of amides is 2. The summed E-state index contributed by atoms with van der Waals surface area (Å²) < 4.78 is 36.2. The normalized spacial score (nSPS) is 19.6. The molecule has 0 spiro atoms. The van der Waals surface area contributed by atoms with E-state index in [0.717, 1.165) is 0 Å². The summed E-state index contributed by atoms with van der Waals surface area (Å²) in [5.74, 6) is -1.74. The highest BCUT2D eigenvalue weighted by atomic mass is 32.2. The summed E-state index contributed by atoms with van der Waals surface area (Å²) in [6.45, 7) is 0. The Kier molecular flexibility index (Phi) is 4.80. The van der Waals surface area contributed by atoms with E-state index in [1.807, 2.05) is 0 Å². The molecule has 1 saturated heterocycles. The van der Waals surface area contributed by atoms with Gasteiger partial charge in [-0.1, -0.05) is 12.1 Å². The Morgan fingerprint density at radius 3 is 2.64 bits per heavy atom. The molecule has 0 radical (unpaired) electrons. The Bertz CT molecular complexity index is 690. The molecule has 0 aliphatic carbocycles. The van der Waals surface area contributed by atoms with Crippen molar-refractivity contribution in [2.75, 3.05) is 23.9 Å². The van der Waals surface area contributed by atoms with Gasteiger partial charge in [0, 0.05) is 13.1 Å². The van der Waals surface area contributed by atoms with Crippen molar-refractivity contribution in [3.05, 3.63) is 30.1 Å². The van der Waals surface area contributed by atoms with Crippen molar-refractivity contribution in [3.8, 4) is 0 Å². The number of halogens is 1. The lowest BCUT2D eigenvalue weighted by molar-refractivity contribution is -0.134. The zero-order chi connectivity index (χ0) is 16.3. The first-order chi connectivity index (χ1) is 10.3. The average Bonchev–Trinajstić information content (AvgIpc) is 2.80. The van der Waals surface area contributed by atoms with E-state index in [1.54, 1.807) is 6.07 Å². The van der Waals surface area contributed by atoms with E-state index < -0.39 is 39.9 Å². The molecule has 1 unspecified atom stereocenters. The van der Waals surface area contributed by atoms with Crippen LogP contribution in [0, 0.1) is 5.82 Å². The van der Waals surface area contributed by atoms with Crippen molar-refractivity contribution in [2.45, 2.75) is 18.9 Å². The first-order valence-corrected chi connectivity index (χ1v) is 8.61. The van der Waals surface area contributed by atoms with Crippen LogP contribution in [0.3, 0.4) is 0 Å². The molecule has 2 rings (SSSR count). The second kappa shape index (κ2) is 6.43. The van der Waals surface area contributed by atoms with E-state index in [-0.39, 0.29) is 17.2 Å². The van der Waals surface area contributed by atoms with Gasteiger partial charge in [0.2, 0.25) is 11.8 Å². The lowest BCUT2D eigenvalue weighted by Gasteiger charge is -2.23. The Labute approximate surface area is 128 Å².